The molecule has 1 atom stereocenters. The van der Waals surface area contributed by atoms with E-state index in [9.17, 15) is 13.2 Å². The second-order valence-corrected chi connectivity index (χ2v) is 7.45. The van der Waals surface area contributed by atoms with E-state index < -0.39 is 10.0 Å². The zero-order chi connectivity index (χ0) is 16.2. The van der Waals surface area contributed by atoms with Crippen LogP contribution in [0.2, 0.25) is 0 Å². The summed E-state index contributed by atoms with van der Waals surface area (Å²) in [5.74, 6) is -0.178. The molecule has 0 spiro atoms. The van der Waals surface area contributed by atoms with Crippen molar-refractivity contribution < 1.29 is 17.9 Å². The molecule has 2 N–H and O–H groups in total. The van der Waals surface area contributed by atoms with E-state index >= 15 is 0 Å². The summed E-state index contributed by atoms with van der Waals surface area (Å²) in [6.45, 7) is 1.89. The summed E-state index contributed by atoms with van der Waals surface area (Å²) in [5.41, 5.74) is 0.463. The molecule has 1 fully saturated rings. The Morgan fingerprint density at radius 1 is 1.45 bits per heavy atom. The molecule has 0 radical (unpaired) electrons. The van der Waals surface area contributed by atoms with Crippen molar-refractivity contribution in [2.75, 3.05) is 39.2 Å². The molecule has 1 amide bonds. The Labute approximate surface area is 130 Å². The van der Waals surface area contributed by atoms with Gasteiger partial charge in [0, 0.05) is 38.8 Å². The number of anilines is 1. The predicted molar refractivity (Wildman–Crippen MR) is 83.2 cm³/mol. The van der Waals surface area contributed by atoms with E-state index in [1.165, 1.54) is 26.2 Å². The number of hydrogen-bond donors (Lipinski definition) is 2. The molecule has 0 aliphatic carbocycles. The molecule has 7 nitrogen and oxygen atoms in total. The van der Waals surface area contributed by atoms with Crippen molar-refractivity contribution in [2.45, 2.75) is 17.4 Å². The van der Waals surface area contributed by atoms with Crippen LogP contribution in [0.3, 0.4) is 0 Å². The minimum atomic E-state index is -3.51. The topological polar surface area (TPSA) is 87.7 Å². The van der Waals surface area contributed by atoms with Crippen LogP contribution in [0.5, 0.6) is 0 Å². The Hall–Kier alpha value is -1.48. The molecule has 0 saturated carbocycles. The minimum Gasteiger partial charge on any atom is -0.378 e. The maximum absolute atomic E-state index is 12.1. The number of carbonyl (C=O) groups is 1. The number of sulfonamides is 1. The van der Waals surface area contributed by atoms with E-state index in [1.807, 2.05) is 0 Å². The van der Waals surface area contributed by atoms with Crippen molar-refractivity contribution in [3.63, 3.8) is 0 Å². The van der Waals surface area contributed by atoms with Crippen molar-refractivity contribution in [1.29, 1.82) is 0 Å². The number of amides is 1. The predicted octanol–water partition coefficient (Wildman–Crippen LogP) is 0.254. The van der Waals surface area contributed by atoms with Gasteiger partial charge in [-0.15, -0.1) is 0 Å². The highest BCUT2D eigenvalue weighted by Gasteiger charge is 2.19. The molecule has 0 bridgehead atoms. The van der Waals surface area contributed by atoms with Crippen LogP contribution >= 0.6 is 0 Å². The number of benzene rings is 1. The first-order chi connectivity index (χ1) is 10.4. The maximum Gasteiger partial charge on any atom is 0.242 e. The van der Waals surface area contributed by atoms with E-state index in [-0.39, 0.29) is 23.3 Å². The monoisotopic (exact) mass is 327 g/mol. The Kier molecular flexibility index (Phi) is 5.52. The molecule has 1 heterocycles. The molecule has 8 heteroatoms. The molecule has 1 aromatic rings. The van der Waals surface area contributed by atoms with E-state index in [4.69, 9.17) is 4.74 Å². The molecular formula is C14H21N3O4S. The van der Waals surface area contributed by atoms with Crippen LogP contribution < -0.4 is 10.6 Å². The number of rotatable bonds is 5. The van der Waals surface area contributed by atoms with Crippen molar-refractivity contribution in [3.8, 4) is 0 Å². The van der Waals surface area contributed by atoms with Crippen LogP contribution in [-0.2, 0) is 19.6 Å². The summed E-state index contributed by atoms with van der Waals surface area (Å²) < 4.78 is 30.6. The first-order valence-corrected chi connectivity index (χ1v) is 8.47. The number of morpholine rings is 1. The van der Waals surface area contributed by atoms with Gasteiger partial charge in [-0.2, -0.15) is 0 Å². The Morgan fingerprint density at radius 2 is 2.23 bits per heavy atom. The minimum absolute atomic E-state index is 0.0116. The number of nitrogens with zero attached hydrogens (tertiary/aromatic N) is 1. The third kappa shape index (κ3) is 4.26. The molecule has 0 aromatic heterocycles. The second-order valence-electron chi connectivity index (χ2n) is 5.29. The third-order valence-corrected chi connectivity index (χ3v) is 5.14. The van der Waals surface area contributed by atoms with Crippen LogP contribution in [0, 0.1) is 0 Å². The highest BCUT2D eigenvalue weighted by Crippen LogP contribution is 2.18. The largest absolute Gasteiger partial charge is 0.378 e. The van der Waals surface area contributed by atoms with Crippen LogP contribution in [0.15, 0.2) is 29.2 Å². The third-order valence-electron chi connectivity index (χ3n) is 3.33. The summed E-state index contributed by atoms with van der Waals surface area (Å²) in [5, 5.41) is 5.92. The zero-order valence-corrected chi connectivity index (χ0v) is 13.5. The zero-order valence-electron chi connectivity index (χ0n) is 12.7. The number of hydrogen-bond acceptors (Lipinski definition) is 5. The SMILES string of the molecule is CN(C)S(=O)(=O)c1cccc(NC(=O)CC2COCCN2)c1. The highest BCUT2D eigenvalue weighted by atomic mass is 32.2. The fourth-order valence-corrected chi connectivity index (χ4v) is 3.08. The summed E-state index contributed by atoms with van der Waals surface area (Å²) >= 11 is 0. The lowest BCUT2D eigenvalue weighted by Crippen LogP contribution is -2.43. The van der Waals surface area contributed by atoms with Gasteiger partial charge in [0.25, 0.3) is 0 Å². The fraction of sp³-hybridized carbons (Fsp3) is 0.500. The molecule has 1 aliphatic heterocycles. The van der Waals surface area contributed by atoms with Crippen molar-refractivity contribution in [1.82, 2.24) is 9.62 Å². The van der Waals surface area contributed by atoms with Crippen LogP contribution in [0.25, 0.3) is 0 Å². The van der Waals surface area contributed by atoms with E-state index in [0.717, 1.165) is 10.8 Å². The van der Waals surface area contributed by atoms with Gasteiger partial charge in [-0.25, -0.2) is 12.7 Å². The first kappa shape index (κ1) is 16.9. The van der Waals surface area contributed by atoms with Gasteiger partial charge >= 0.3 is 0 Å². The highest BCUT2D eigenvalue weighted by molar-refractivity contribution is 7.89. The Bertz CT molecular complexity index is 625. The first-order valence-electron chi connectivity index (χ1n) is 7.03. The summed E-state index contributed by atoms with van der Waals surface area (Å²) in [4.78, 5) is 12.2. The molecule has 22 heavy (non-hydrogen) atoms. The Morgan fingerprint density at radius 3 is 2.86 bits per heavy atom. The summed E-state index contributed by atoms with van der Waals surface area (Å²) in [7, 11) is -0.578. The van der Waals surface area contributed by atoms with Gasteiger partial charge in [-0.3, -0.25) is 4.79 Å². The van der Waals surface area contributed by atoms with Gasteiger partial charge in [0.2, 0.25) is 15.9 Å². The second kappa shape index (κ2) is 7.19. The average Bonchev–Trinajstić information content (AvgIpc) is 2.48. The molecule has 122 valence electrons. The van der Waals surface area contributed by atoms with Crippen LogP contribution in [-0.4, -0.2) is 58.5 Å². The number of nitrogens with one attached hydrogen (secondary N) is 2. The van der Waals surface area contributed by atoms with Crippen molar-refractivity contribution >= 4 is 21.6 Å². The quantitative estimate of drug-likeness (QED) is 0.810. The average molecular weight is 327 g/mol. The lowest BCUT2D eigenvalue weighted by atomic mass is 10.2. The maximum atomic E-state index is 12.1. The van der Waals surface area contributed by atoms with Gasteiger partial charge in [0.15, 0.2) is 0 Å². The lowest BCUT2D eigenvalue weighted by molar-refractivity contribution is -0.117. The molecule has 1 unspecified atom stereocenters. The molecular weight excluding hydrogens is 306 g/mol. The van der Waals surface area contributed by atoms with Gasteiger partial charge in [-0.05, 0) is 18.2 Å². The number of ether oxygens (including phenoxy) is 1. The lowest BCUT2D eigenvalue weighted by Gasteiger charge is -2.23. The summed E-state index contributed by atoms with van der Waals surface area (Å²) in [6.07, 6.45) is 0.282. The fourth-order valence-electron chi connectivity index (χ4n) is 2.13. The Balaban J connectivity index is 2.02. The van der Waals surface area contributed by atoms with E-state index in [0.29, 0.717) is 18.9 Å². The van der Waals surface area contributed by atoms with Crippen LogP contribution in [0.4, 0.5) is 5.69 Å². The van der Waals surface area contributed by atoms with Crippen LogP contribution in [0.1, 0.15) is 6.42 Å². The molecule has 2 rings (SSSR count). The number of carbonyl (C=O) groups excluding carboxylic acids is 1. The van der Waals surface area contributed by atoms with Gasteiger partial charge in [0.1, 0.15) is 0 Å². The van der Waals surface area contributed by atoms with Gasteiger partial charge < -0.3 is 15.4 Å². The van der Waals surface area contributed by atoms with Gasteiger partial charge in [0.05, 0.1) is 18.1 Å². The summed E-state index contributed by atoms with van der Waals surface area (Å²) in [6, 6.07) is 6.22. The normalized spacial score (nSPS) is 19.1. The molecule has 1 saturated heterocycles. The smallest absolute Gasteiger partial charge is 0.242 e. The van der Waals surface area contributed by atoms with Crippen molar-refractivity contribution in [2.24, 2.45) is 0 Å². The van der Waals surface area contributed by atoms with Gasteiger partial charge in [-0.1, -0.05) is 6.07 Å². The molecule has 1 aromatic carbocycles. The molecule has 1 aliphatic rings. The standard InChI is InChI=1S/C14H21N3O4S/c1-17(2)22(19,20)13-5-3-4-11(8-13)16-14(18)9-12-10-21-7-6-15-12/h3-5,8,12,15H,6-7,9-10H2,1-2H3,(H,16,18). The van der Waals surface area contributed by atoms with E-state index in [2.05, 4.69) is 10.6 Å². The van der Waals surface area contributed by atoms with E-state index in [1.54, 1.807) is 12.1 Å². The van der Waals surface area contributed by atoms with Crippen molar-refractivity contribution in [3.05, 3.63) is 24.3 Å².